The third kappa shape index (κ3) is 5.64. The van der Waals surface area contributed by atoms with E-state index < -0.39 is 28.3 Å². The predicted molar refractivity (Wildman–Crippen MR) is 122 cm³/mol. The van der Waals surface area contributed by atoms with Gasteiger partial charge in [0.15, 0.2) is 0 Å². The molecule has 0 heterocycles. The molecule has 0 aromatic heterocycles. The van der Waals surface area contributed by atoms with Crippen molar-refractivity contribution in [2.24, 2.45) is 0 Å². The summed E-state index contributed by atoms with van der Waals surface area (Å²) >= 11 is 5.89. The first-order valence-electron chi connectivity index (χ1n) is 9.61. The zero-order chi connectivity index (χ0) is 23.3. The molecule has 6 nitrogen and oxygen atoms in total. The first kappa shape index (κ1) is 23.7. The molecule has 0 aliphatic heterocycles. The summed E-state index contributed by atoms with van der Waals surface area (Å²) in [5, 5.41) is 0.392. The minimum Gasteiger partial charge on any atom is -0.497 e. The van der Waals surface area contributed by atoms with E-state index in [2.05, 4.69) is 0 Å². The average Bonchev–Trinajstić information content (AvgIpc) is 2.79. The maximum atomic E-state index is 13.3. The van der Waals surface area contributed by atoms with Gasteiger partial charge in [-0.2, -0.15) is 4.31 Å². The molecule has 3 aromatic rings. The summed E-state index contributed by atoms with van der Waals surface area (Å²) in [6.07, 6.45) is 0. The van der Waals surface area contributed by atoms with E-state index in [1.165, 1.54) is 60.5 Å². The Morgan fingerprint density at radius 2 is 1.69 bits per heavy atom. The predicted octanol–water partition coefficient (Wildman–Crippen LogP) is 4.34. The largest absolute Gasteiger partial charge is 0.497 e. The standard InChI is InChI=1S/C23H22ClFN2O4S/c1-26(20-4-3-5-21(14-20)31-2)23(28)16-27(15-17-6-10-19(25)11-7-17)32(29,30)22-12-8-18(24)9-13-22/h3-14H,15-16H2,1-2H3. The van der Waals surface area contributed by atoms with E-state index in [1.54, 1.807) is 31.3 Å². The first-order valence-corrected chi connectivity index (χ1v) is 11.4. The number of likely N-dealkylation sites (N-methyl/N-ethyl adjacent to an activating group) is 1. The van der Waals surface area contributed by atoms with E-state index in [9.17, 15) is 17.6 Å². The van der Waals surface area contributed by atoms with Crippen molar-refractivity contribution in [1.82, 2.24) is 4.31 Å². The Morgan fingerprint density at radius 1 is 1.03 bits per heavy atom. The van der Waals surface area contributed by atoms with E-state index in [0.717, 1.165) is 4.31 Å². The van der Waals surface area contributed by atoms with Crippen LogP contribution in [0.3, 0.4) is 0 Å². The lowest BCUT2D eigenvalue weighted by molar-refractivity contribution is -0.118. The van der Waals surface area contributed by atoms with Gasteiger partial charge in [0, 0.05) is 30.4 Å². The summed E-state index contributed by atoms with van der Waals surface area (Å²) < 4.78 is 46.2. The van der Waals surface area contributed by atoms with Gasteiger partial charge in [-0.15, -0.1) is 0 Å². The first-order chi connectivity index (χ1) is 15.2. The minimum absolute atomic E-state index is 0.000782. The highest BCUT2D eigenvalue weighted by atomic mass is 35.5. The Morgan fingerprint density at radius 3 is 2.31 bits per heavy atom. The number of benzene rings is 3. The molecule has 32 heavy (non-hydrogen) atoms. The molecule has 0 saturated carbocycles. The van der Waals surface area contributed by atoms with E-state index >= 15 is 0 Å². The van der Waals surface area contributed by atoms with Gasteiger partial charge in [0.1, 0.15) is 11.6 Å². The number of anilines is 1. The van der Waals surface area contributed by atoms with Gasteiger partial charge in [-0.3, -0.25) is 4.79 Å². The highest BCUT2D eigenvalue weighted by Gasteiger charge is 2.28. The van der Waals surface area contributed by atoms with Crippen molar-refractivity contribution in [2.45, 2.75) is 11.4 Å². The number of carbonyl (C=O) groups excluding carboxylic acids is 1. The number of amides is 1. The molecule has 0 bridgehead atoms. The Balaban J connectivity index is 1.91. The average molecular weight is 477 g/mol. The van der Waals surface area contributed by atoms with Gasteiger partial charge in [0.05, 0.1) is 18.6 Å². The fourth-order valence-corrected chi connectivity index (χ4v) is 4.50. The van der Waals surface area contributed by atoms with E-state index in [4.69, 9.17) is 16.3 Å². The van der Waals surface area contributed by atoms with Crippen molar-refractivity contribution in [2.75, 3.05) is 25.6 Å². The van der Waals surface area contributed by atoms with Crippen LogP contribution in [0.5, 0.6) is 5.75 Å². The van der Waals surface area contributed by atoms with Crippen LogP contribution in [-0.4, -0.2) is 39.3 Å². The molecule has 168 valence electrons. The van der Waals surface area contributed by atoms with Gasteiger partial charge in [-0.1, -0.05) is 29.8 Å². The van der Waals surface area contributed by atoms with Gasteiger partial charge in [-0.05, 0) is 54.1 Å². The zero-order valence-electron chi connectivity index (χ0n) is 17.5. The SMILES string of the molecule is COc1cccc(N(C)C(=O)CN(Cc2ccc(F)cc2)S(=O)(=O)c2ccc(Cl)cc2)c1. The molecule has 0 aliphatic carbocycles. The van der Waals surface area contributed by atoms with Crippen molar-refractivity contribution >= 4 is 33.2 Å². The smallest absolute Gasteiger partial charge is 0.243 e. The van der Waals surface area contributed by atoms with Crippen molar-refractivity contribution in [3.05, 3.63) is 89.2 Å². The summed E-state index contributed by atoms with van der Waals surface area (Å²) in [5.41, 5.74) is 1.10. The quantitative estimate of drug-likeness (QED) is 0.485. The lowest BCUT2D eigenvalue weighted by Crippen LogP contribution is -2.41. The maximum Gasteiger partial charge on any atom is 0.243 e. The summed E-state index contributed by atoms with van der Waals surface area (Å²) in [6.45, 7) is -0.529. The van der Waals surface area contributed by atoms with Crippen LogP contribution in [0.25, 0.3) is 0 Å². The topological polar surface area (TPSA) is 66.9 Å². The van der Waals surface area contributed by atoms with Crippen LogP contribution in [0, 0.1) is 5.82 Å². The van der Waals surface area contributed by atoms with E-state index in [1.807, 2.05) is 0 Å². The number of rotatable bonds is 8. The monoisotopic (exact) mass is 476 g/mol. The second kappa shape index (κ2) is 10.1. The van der Waals surface area contributed by atoms with Crippen molar-refractivity contribution in [1.29, 1.82) is 0 Å². The van der Waals surface area contributed by atoms with E-state index in [-0.39, 0.29) is 11.4 Å². The number of carbonyl (C=O) groups is 1. The number of ether oxygens (including phenoxy) is 1. The van der Waals surface area contributed by atoms with Gasteiger partial charge in [0.25, 0.3) is 0 Å². The molecule has 0 fully saturated rings. The molecule has 0 saturated heterocycles. The van der Waals surface area contributed by atoms with Crippen molar-refractivity contribution in [3.8, 4) is 5.75 Å². The normalized spacial score (nSPS) is 11.4. The maximum absolute atomic E-state index is 13.3. The zero-order valence-corrected chi connectivity index (χ0v) is 19.1. The third-order valence-electron chi connectivity index (χ3n) is 4.85. The summed E-state index contributed by atoms with van der Waals surface area (Å²) in [5.74, 6) is -0.313. The molecule has 0 N–H and O–H groups in total. The second-order valence-corrected chi connectivity index (χ2v) is 9.38. The second-order valence-electron chi connectivity index (χ2n) is 7.01. The van der Waals surface area contributed by atoms with Gasteiger partial charge in [-0.25, -0.2) is 12.8 Å². The molecule has 0 atom stereocenters. The summed E-state index contributed by atoms with van der Waals surface area (Å²) in [7, 11) is -0.965. The van der Waals surface area contributed by atoms with Crippen LogP contribution in [0.15, 0.2) is 77.7 Å². The van der Waals surface area contributed by atoms with Gasteiger partial charge in [0.2, 0.25) is 15.9 Å². The van der Waals surface area contributed by atoms with Crippen molar-refractivity contribution < 1.29 is 22.3 Å². The van der Waals surface area contributed by atoms with Crippen molar-refractivity contribution in [3.63, 3.8) is 0 Å². The summed E-state index contributed by atoms with van der Waals surface area (Å²) in [6, 6.07) is 18.0. The Labute approximate surface area is 191 Å². The number of hydrogen-bond acceptors (Lipinski definition) is 4. The van der Waals surface area contributed by atoms with Gasteiger partial charge < -0.3 is 9.64 Å². The number of nitrogens with zero attached hydrogens (tertiary/aromatic N) is 2. The number of halogens is 2. The van der Waals surface area contributed by atoms with Gasteiger partial charge >= 0.3 is 0 Å². The van der Waals surface area contributed by atoms with Crippen LogP contribution >= 0.6 is 11.6 Å². The Bertz CT molecular complexity index is 1190. The lowest BCUT2D eigenvalue weighted by atomic mass is 10.2. The molecule has 0 radical (unpaired) electrons. The molecule has 9 heteroatoms. The van der Waals surface area contributed by atoms with E-state index in [0.29, 0.717) is 22.0 Å². The molecule has 3 aromatic carbocycles. The highest BCUT2D eigenvalue weighted by Crippen LogP contribution is 2.23. The molecule has 3 rings (SSSR count). The minimum atomic E-state index is -4.04. The number of sulfonamides is 1. The van der Waals surface area contributed by atoms with Crippen LogP contribution in [-0.2, 0) is 21.4 Å². The fraction of sp³-hybridized carbons (Fsp3) is 0.174. The van der Waals surface area contributed by atoms with Crippen LogP contribution in [0.2, 0.25) is 5.02 Å². The van der Waals surface area contributed by atoms with Crippen LogP contribution < -0.4 is 9.64 Å². The Kier molecular flexibility index (Phi) is 7.50. The number of methoxy groups -OCH3 is 1. The highest BCUT2D eigenvalue weighted by molar-refractivity contribution is 7.89. The molecular formula is C23H22ClFN2O4S. The van der Waals surface area contributed by atoms with Crippen LogP contribution in [0.4, 0.5) is 10.1 Å². The van der Waals surface area contributed by atoms with Crippen LogP contribution in [0.1, 0.15) is 5.56 Å². The molecule has 1 amide bonds. The molecular weight excluding hydrogens is 455 g/mol. The molecule has 0 unspecified atom stereocenters. The fourth-order valence-electron chi connectivity index (χ4n) is 2.99. The lowest BCUT2D eigenvalue weighted by Gasteiger charge is -2.25. The molecule has 0 aliphatic rings. The molecule has 0 spiro atoms. The Hall–Kier alpha value is -2.94. The third-order valence-corrected chi connectivity index (χ3v) is 6.91. The number of hydrogen-bond donors (Lipinski definition) is 0. The summed E-state index contributed by atoms with van der Waals surface area (Å²) in [4.78, 5) is 14.4.